The fourth-order valence-electron chi connectivity index (χ4n) is 5.83. The lowest BCUT2D eigenvalue weighted by Gasteiger charge is -2.39. The van der Waals surface area contributed by atoms with Crippen molar-refractivity contribution in [1.29, 1.82) is 0 Å². The van der Waals surface area contributed by atoms with E-state index in [-0.39, 0.29) is 30.6 Å². The minimum Gasteiger partial charge on any atom is -0.379 e. The van der Waals surface area contributed by atoms with Gasteiger partial charge in [-0.15, -0.1) is 0 Å². The maximum atomic E-state index is 14.0. The Balaban J connectivity index is 1.51. The predicted octanol–water partition coefficient (Wildman–Crippen LogP) is 2.87. The van der Waals surface area contributed by atoms with E-state index in [9.17, 15) is 18.0 Å². The highest BCUT2D eigenvalue weighted by Gasteiger charge is 2.49. The molecule has 0 aromatic carbocycles. The molecule has 1 saturated carbocycles. The molecule has 1 aromatic heterocycles. The molecule has 0 spiro atoms. The summed E-state index contributed by atoms with van der Waals surface area (Å²) in [6.07, 6.45) is 0.0924. The molecule has 2 aliphatic heterocycles. The van der Waals surface area contributed by atoms with E-state index in [1.54, 1.807) is 12.0 Å². The van der Waals surface area contributed by atoms with E-state index < -0.39 is 17.2 Å². The molecule has 7 nitrogen and oxygen atoms in total. The molecule has 1 aromatic rings. The number of halogens is 3. The third-order valence-corrected chi connectivity index (χ3v) is 7.89. The van der Waals surface area contributed by atoms with Gasteiger partial charge in [0.25, 0.3) is 0 Å². The molecule has 3 unspecified atom stereocenters. The maximum absolute atomic E-state index is 14.0. The van der Waals surface area contributed by atoms with Gasteiger partial charge >= 0.3 is 6.18 Å². The van der Waals surface area contributed by atoms with Crippen LogP contribution in [0.4, 0.5) is 13.2 Å². The zero-order valence-corrected chi connectivity index (χ0v) is 20.9. The van der Waals surface area contributed by atoms with E-state index >= 15 is 0 Å². The molecule has 1 aliphatic carbocycles. The number of alkyl halides is 3. The van der Waals surface area contributed by atoms with Gasteiger partial charge in [0.15, 0.2) is 0 Å². The Bertz CT molecular complexity index is 899. The highest BCUT2D eigenvalue weighted by Crippen LogP contribution is 2.42. The van der Waals surface area contributed by atoms with Gasteiger partial charge in [0.2, 0.25) is 5.91 Å². The predicted molar refractivity (Wildman–Crippen MR) is 125 cm³/mol. The van der Waals surface area contributed by atoms with Crippen molar-refractivity contribution < 1.29 is 27.4 Å². The van der Waals surface area contributed by atoms with Crippen LogP contribution in [0.1, 0.15) is 49.4 Å². The van der Waals surface area contributed by atoms with Crippen molar-refractivity contribution in [2.24, 2.45) is 5.41 Å². The molecule has 35 heavy (non-hydrogen) atoms. The zero-order valence-electron chi connectivity index (χ0n) is 20.9. The first-order valence-electron chi connectivity index (χ1n) is 12.5. The first-order chi connectivity index (χ1) is 16.6. The summed E-state index contributed by atoms with van der Waals surface area (Å²) in [6.45, 7) is 5.42. The first kappa shape index (κ1) is 26.3. The van der Waals surface area contributed by atoms with Crippen LogP contribution in [-0.2, 0) is 33.4 Å². The Morgan fingerprint density at radius 1 is 1.40 bits per heavy atom. The number of carbonyl (C=O) groups excluding carboxylic acids is 1. The Hall–Kier alpha value is -1.75. The summed E-state index contributed by atoms with van der Waals surface area (Å²) in [5.74, 6) is 0.0421. The molecule has 1 amide bonds. The fraction of sp³-hybridized carbons (Fsp3) is 0.760. The lowest BCUT2D eigenvalue weighted by atomic mass is 9.82. The van der Waals surface area contributed by atoms with Crippen molar-refractivity contribution in [1.82, 2.24) is 20.1 Å². The third kappa shape index (κ3) is 5.81. The number of pyridine rings is 1. The van der Waals surface area contributed by atoms with E-state index in [4.69, 9.17) is 9.47 Å². The zero-order chi connectivity index (χ0) is 25.2. The van der Waals surface area contributed by atoms with Gasteiger partial charge in [-0.25, -0.2) is 0 Å². The number of hydrogen-bond donors (Lipinski definition) is 1. The SMILES string of the molecule is CCN(C)C[C@]1(C(=O)N2CCc3ncc(C(F)(F)F)cc3C2)CCC(NC2CCOCC2OC)C1. The van der Waals surface area contributed by atoms with Gasteiger partial charge in [-0.05, 0) is 50.9 Å². The first-order valence-corrected chi connectivity index (χ1v) is 12.5. The van der Waals surface area contributed by atoms with Gasteiger partial charge in [0, 0.05) is 63.7 Å². The number of fused-ring (bicyclic) bond motifs is 1. The van der Waals surface area contributed by atoms with Crippen LogP contribution in [0.3, 0.4) is 0 Å². The van der Waals surface area contributed by atoms with Crippen molar-refractivity contribution in [2.75, 3.05) is 47.0 Å². The number of rotatable bonds is 7. The number of carbonyl (C=O) groups is 1. The second-order valence-electron chi connectivity index (χ2n) is 10.3. The monoisotopic (exact) mass is 498 g/mol. The quantitative estimate of drug-likeness (QED) is 0.624. The maximum Gasteiger partial charge on any atom is 0.417 e. The summed E-state index contributed by atoms with van der Waals surface area (Å²) in [7, 11) is 3.71. The highest BCUT2D eigenvalue weighted by atomic mass is 19.4. The number of methoxy groups -OCH3 is 1. The molecule has 4 rings (SSSR count). The van der Waals surface area contributed by atoms with Gasteiger partial charge < -0.3 is 24.6 Å². The minimum absolute atomic E-state index is 0.0123. The van der Waals surface area contributed by atoms with Crippen LogP contribution in [0, 0.1) is 5.41 Å². The summed E-state index contributed by atoms with van der Waals surface area (Å²) < 4.78 is 50.9. The van der Waals surface area contributed by atoms with Crippen molar-refractivity contribution in [3.63, 3.8) is 0 Å². The summed E-state index contributed by atoms with van der Waals surface area (Å²) in [5.41, 5.74) is -0.183. The molecule has 1 saturated heterocycles. The van der Waals surface area contributed by atoms with Crippen molar-refractivity contribution in [2.45, 2.75) is 69.9 Å². The highest BCUT2D eigenvalue weighted by molar-refractivity contribution is 5.84. The molecule has 1 N–H and O–H groups in total. The number of nitrogens with one attached hydrogen (secondary N) is 1. The lowest BCUT2D eigenvalue weighted by Crippen LogP contribution is -2.52. The Morgan fingerprint density at radius 2 is 2.20 bits per heavy atom. The van der Waals surface area contributed by atoms with E-state index in [1.807, 2.05) is 7.05 Å². The molecule has 0 bridgehead atoms. The lowest BCUT2D eigenvalue weighted by molar-refractivity contribution is -0.144. The molecule has 3 aliphatic rings. The number of amides is 1. The molecule has 3 heterocycles. The van der Waals surface area contributed by atoms with Crippen LogP contribution in [0.5, 0.6) is 0 Å². The molecule has 0 radical (unpaired) electrons. The van der Waals surface area contributed by atoms with Gasteiger partial charge in [-0.3, -0.25) is 9.78 Å². The van der Waals surface area contributed by atoms with Gasteiger partial charge in [0.05, 0.1) is 23.7 Å². The fourth-order valence-corrected chi connectivity index (χ4v) is 5.83. The van der Waals surface area contributed by atoms with Crippen LogP contribution < -0.4 is 5.32 Å². The number of hydrogen-bond acceptors (Lipinski definition) is 6. The second kappa shape index (κ2) is 10.7. The Labute approximate surface area is 205 Å². The topological polar surface area (TPSA) is 66.9 Å². The summed E-state index contributed by atoms with van der Waals surface area (Å²) in [4.78, 5) is 22.0. The summed E-state index contributed by atoms with van der Waals surface area (Å²) in [6, 6.07) is 1.52. The summed E-state index contributed by atoms with van der Waals surface area (Å²) in [5, 5.41) is 3.73. The van der Waals surface area contributed by atoms with Crippen molar-refractivity contribution in [3.8, 4) is 0 Å². The normalized spacial score (nSPS) is 29.5. The van der Waals surface area contributed by atoms with E-state index in [0.717, 1.165) is 38.1 Å². The standard InChI is InChI=1S/C25H37F3N4O3/c1-4-31(2)16-24(8-5-19(12-24)30-21-7-10-35-15-22(21)34-3)23(33)32-9-6-20-17(14-32)11-18(13-29-20)25(26,27)28/h11,13,19,21-22,30H,4-10,12,14-16H2,1-3H3/t19?,21?,22?,24-/m0/s1. The summed E-state index contributed by atoms with van der Waals surface area (Å²) >= 11 is 0. The van der Waals surface area contributed by atoms with Crippen LogP contribution in [0.15, 0.2) is 12.3 Å². The number of ether oxygens (including phenoxy) is 2. The number of aromatic nitrogens is 1. The molecule has 10 heteroatoms. The van der Waals surface area contributed by atoms with Gasteiger partial charge in [-0.2, -0.15) is 13.2 Å². The smallest absolute Gasteiger partial charge is 0.379 e. The molecular formula is C25H37F3N4O3. The van der Waals surface area contributed by atoms with Gasteiger partial charge in [0.1, 0.15) is 0 Å². The van der Waals surface area contributed by atoms with E-state index in [0.29, 0.717) is 50.4 Å². The Kier molecular flexibility index (Phi) is 8.05. The van der Waals surface area contributed by atoms with Gasteiger partial charge in [-0.1, -0.05) is 6.92 Å². The van der Waals surface area contributed by atoms with E-state index in [1.165, 1.54) is 0 Å². The molecular weight excluding hydrogens is 461 g/mol. The van der Waals surface area contributed by atoms with Crippen LogP contribution in [-0.4, -0.2) is 85.9 Å². The van der Waals surface area contributed by atoms with Crippen LogP contribution >= 0.6 is 0 Å². The van der Waals surface area contributed by atoms with Crippen LogP contribution in [0.25, 0.3) is 0 Å². The molecule has 4 atom stereocenters. The largest absolute Gasteiger partial charge is 0.417 e. The van der Waals surface area contributed by atoms with E-state index in [2.05, 4.69) is 22.1 Å². The second-order valence-corrected chi connectivity index (χ2v) is 10.3. The van der Waals surface area contributed by atoms with Crippen LogP contribution in [0.2, 0.25) is 0 Å². The average molecular weight is 499 g/mol. The van der Waals surface area contributed by atoms with Crippen molar-refractivity contribution >= 4 is 5.91 Å². The van der Waals surface area contributed by atoms with Crippen molar-refractivity contribution in [3.05, 3.63) is 29.1 Å². The average Bonchev–Trinajstić information content (AvgIpc) is 3.25. The third-order valence-electron chi connectivity index (χ3n) is 7.89. The molecule has 196 valence electrons. The Morgan fingerprint density at radius 3 is 2.91 bits per heavy atom. The number of nitrogens with zero attached hydrogens (tertiary/aromatic N) is 3. The minimum atomic E-state index is -4.45. The molecule has 2 fully saturated rings.